The fraction of sp³-hybridized carbons (Fsp3) is 0.250. The van der Waals surface area contributed by atoms with E-state index in [1.54, 1.807) is 7.11 Å². The summed E-state index contributed by atoms with van der Waals surface area (Å²) in [6.45, 7) is 5.83. The molecule has 1 atom stereocenters. The zero-order valence-corrected chi connectivity index (χ0v) is 20.9. The summed E-state index contributed by atoms with van der Waals surface area (Å²) in [7, 11) is 1.62. The van der Waals surface area contributed by atoms with Crippen molar-refractivity contribution < 1.29 is 14.3 Å². The number of nitrogens with one attached hydrogen (secondary N) is 1. The molecule has 8 nitrogen and oxygen atoms in total. The van der Waals surface area contributed by atoms with E-state index in [4.69, 9.17) is 9.47 Å². The first-order valence-electron chi connectivity index (χ1n) is 10.6. The molecule has 34 heavy (non-hydrogen) atoms. The predicted molar refractivity (Wildman–Crippen MR) is 134 cm³/mol. The topological polar surface area (TPSA) is 91.2 Å². The zero-order valence-electron chi connectivity index (χ0n) is 19.3. The first kappa shape index (κ1) is 23.8. The number of aromatic nitrogens is 4. The van der Waals surface area contributed by atoms with Crippen molar-refractivity contribution in [2.24, 2.45) is 0 Å². The van der Waals surface area contributed by atoms with Crippen molar-refractivity contribution in [3.8, 4) is 17.2 Å². The number of methoxy groups -OCH3 is 1. The number of thioether (sulfide) groups is 1. The van der Waals surface area contributed by atoms with Gasteiger partial charge in [0.25, 0.3) is 0 Å². The van der Waals surface area contributed by atoms with Gasteiger partial charge in [-0.2, -0.15) is 0 Å². The van der Waals surface area contributed by atoms with Crippen molar-refractivity contribution in [2.75, 3.05) is 18.2 Å². The van der Waals surface area contributed by atoms with Crippen LogP contribution in [0.2, 0.25) is 0 Å². The van der Waals surface area contributed by atoms with E-state index >= 15 is 0 Å². The van der Waals surface area contributed by atoms with Gasteiger partial charge in [-0.3, -0.25) is 9.36 Å². The molecule has 4 aromatic rings. The Morgan fingerprint density at radius 3 is 2.44 bits per heavy atom. The number of nitrogens with zero attached hydrogens (tertiary/aromatic N) is 4. The molecular formula is C24H25N5O3S2. The lowest BCUT2D eigenvalue weighted by Gasteiger charge is -2.17. The number of amides is 1. The van der Waals surface area contributed by atoms with Crippen LogP contribution in [0.1, 0.15) is 29.4 Å². The number of anilines is 1. The number of hydrogen-bond donors (Lipinski definition) is 1. The van der Waals surface area contributed by atoms with E-state index in [0.717, 1.165) is 22.0 Å². The number of carbonyl (C=O) groups is 1. The Balaban J connectivity index is 1.52. The second-order valence-corrected chi connectivity index (χ2v) is 9.59. The molecule has 0 fully saturated rings. The quantitative estimate of drug-likeness (QED) is 0.318. The van der Waals surface area contributed by atoms with Crippen molar-refractivity contribution in [2.45, 2.75) is 32.0 Å². The van der Waals surface area contributed by atoms with Crippen LogP contribution >= 0.6 is 23.1 Å². The van der Waals surface area contributed by atoms with Gasteiger partial charge in [0.05, 0.1) is 18.6 Å². The molecule has 1 N–H and O–H groups in total. The lowest BCUT2D eigenvalue weighted by atomic mass is 10.3. The molecule has 0 radical (unpaired) electrons. The molecule has 1 amide bonds. The van der Waals surface area contributed by atoms with Gasteiger partial charge in [0, 0.05) is 10.6 Å². The van der Waals surface area contributed by atoms with Gasteiger partial charge in [0.2, 0.25) is 5.91 Å². The van der Waals surface area contributed by atoms with Crippen LogP contribution < -0.4 is 14.8 Å². The van der Waals surface area contributed by atoms with Crippen molar-refractivity contribution in [1.29, 1.82) is 0 Å². The number of carbonyl (C=O) groups excluding carboxylic acids is 1. The van der Waals surface area contributed by atoms with Crippen LogP contribution in [-0.4, -0.2) is 38.5 Å². The first-order valence-corrected chi connectivity index (χ1v) is 12.4. The number of aryl methyl sites for hydroxylation is 2. The molecule has 2 aromatic heterocycles. The molecule has 0 spiro atoms. The average molecular weight is 496 g/mol. The number of benzene rings is 2. The summed E-state index contributed by atoms with van der Waals surface area (Å²) < 4.78 is 13.2. The van der Waals surface area contributed by atoms with Gasteiger partial charge >= 0.3 is 0 Å². The highest BCUT2D eigenvalue weighted by molar-refractivity contribution is 7.99. The van der Waals surface area contributed by atoms with Gasteiger partial charge in [-0.25, -0.2) is 4.98 Å². The van der Waals surface area contributed by atoms with E-state index in [1.165, 1.54) is 23.1 Å². The molecule has 10 heteroatoms. The third kappa shape index (κ3) is 5.57. The highest BCUT2D eigenvalue weighted by atomic mass is 32.2. The second kappa shape index (κ2) is 10.7. The number of hydrogen-bond acceptors (Lipinski definition) is 8. The highest BCUT2D eigenvalue weighted by Gasteiger charge is 2.22. The van der Waals surface area contributed by atoms with E-state index in [-0.39, 0.29) is 17.8 Å². The van der Waals surface area contributed by atoms with E-state index in [0.29, 0.717) is 21.9 Å². The number of ether oxygens (including phenoxy) is 2. The van der Waals surface area contributed by atoms with Gasteiger partial charge in [-0.1, -0.05) is 30.0 Å². The molecule has 0 aliphatic heterocycles. The standard InChI is InChI=1S/C24H25N5O3S2/c1-15-17(3)34-23(25-15)26-21(30)14-33-24-28-27-22(29(24)18-8-6-5-7-9-18)16(2)32-20-12-10-19(31-4)11-13-20/h5-13,16H,14H2,1-4H3,(H,25,26,30). The summed E-state index contributed by atoms with van der Waals surface area (Å²) in [5, 5.41) is 12.8. The Bertz CT molecular complexity index is 1240. The summed E-state index contributed by atoms with van der Waals surface area (Å²) in [6, 6.07) is 17.2. The fourth-order valence-electron chi connectivity index (χ4n) is 3.18. The van der Waals surface area contributed by atoms with E-state index < -0.39 is 0 Å². The first-order chi connectivity index (χ1) is 16.4. The second-order valence-electron chi connectivity index (χ2n) is 7.44. The molecule has 0 saturated heterocycles. The number of rotatable bonds is 9. The third-order valence-corrected chi connectivity index (χ3v) is 6.93. The number of para-hydroxylation sites is 1. The molecule has 0 aliphatic carbocycles. The SMILES string of the molecule is COc1ccc(OC(C)c2nnc(SCC(=O)Nc3nc(C)c(C)s3)n2-c2ccccc2)cc1. The van der Waals surface area contributed by atoms with Crippen molar-refractivity contribution in [3.05, 3.63) is 71.0 Å². The number of thiazole rings is 1. The molecular weight excluding hydrogens is 470 g/mol. The van der Waals surface area contributed by atoms with Gasteiger partial charge in [-0.05, 0) is 57.2 Å². The third-order valence-electron chi connectivity index (χ3n) is 5.02. The molecule has 2 aromatic carbocycles. The minimum Gasteiger partial charge on any atom is -0.497 e. The van der Waals surface area contributed by atoms with Crippen LogP contribution in [0.15, 0.2) is 59.8 Å². The van der Waals surface area contributed by atoms with E-state index in [1.807, 2.05) is 79.9 Å². The summed E-state index contributed by atoms with van der Waals surface area (Å²) >= 11 is 2.78. The van der Waals surface area contributed by atoms with Gasteiger partial charge in [0.15, 0.2) is 22.2 Å². The van der Waals surface area contributed by atoms with Crippen molar-refractivity contribution in [3.63, 3.8) is 0 Å². The molecule has 2 heterocycles. The molecule has 0 aliphatic rings. The Morgan fingerprint density at radius 2 is 1.79 bits per heavy atom. The molecule has 0 saturated carbocycles. The predicted octanol–water partition coefficient (Wildman–Crippen LogP) is 5.22. The van der Waals surface area contributed by atoms with Crippen LogP contribution in [0.5, 0.6) is 11.5 Å². The lowest BCUT2D eigenvalue weighted by molar-refractivity contribution is -0.113. The maximum Gasteiger partial charge on any atom is 0.236 e. The maximum absolute atomic E-state index is 12.5. The van der Waals surface area contributed by atoms with Crippen LogP contribution in [0.3, 0.4) is 0 Å². The van der Waals surface area contributed by atoms with Crippen LogP contribution in [0, 0.1) is 13.8 Å². The average Bonchev–Trinajstić information content (AvgIpc) is 3.41. The zero-order chi connectivity index (χ0) is 24.1. The largest absolute Gasteiger partial charge is 0.497 e. The Morgan fingerprint density at radius 1 is 1.09 bits per heavy atom. The van der Waals surface area contributed by atoms with E-state index in [2.05, 4.69) is 20.5 Å². The lowest BCUT2D eigenvalue weighted by Crippen LogP contribution is -2.15. The van der Waals surface area contributed by atoms with Crippen LogP contribution in [-0.2, 0) is 4.79 Å². The summed E-state index contributed by atoms with van der Waals surface area (Å²) in [5.41, 5.74) is 1.81. The van der Waals surface area contributed by atoms with Gasteiger partial charge < -0.3 is 14.8 Å². The fourth-order valence-corrected chi connectivity index (χ4v) is 4.77. The molecule has 176 valence electrons. The van der Waals surface area contributed by atoms with Gasteiger partial charge in [-0.15, -0.1) is 21.5 Å². The Labute approximate surface area is 206 Å². The van der Waals surface area contributed by atoms with E-state index in [9.17, 15) is 4.79 Å². The summed E-state index contributed by atoms with van der Waals surface area (Å²) in [6.07, 6.45) is -0.384. The van der Waals surface area contributed by atoms with Crippen molar-refractivity contribution >= 4 is 34.1 Å². The smallest absolute Gasteiger partial charge is 0.236 e. The van der Waals surface area contributed by atoms with Crippen LogP contribution in [0.25, 0.3) is 5.69 Å². The Kier molecular flexibility index (Phi) is 7.49. The maximum atomic E-state index is 12.5. The summed E-state index contributed by atoms with van der Waals surface area (Å²) in [5.74, 6) is 2.11. The van der Waals surface area contributed by atoms with Crippen molar-refractivity contribution in [1.82, 2.24) is 19.7 Å². The minimum atomic E-state index is -0.384. The molecule has 4 rings (SSSR count). The molecule has 0 bridgehead atoms. The summed E-state index contributed by atoms with van der Waals surface area (Å²) in [4.78, 5) is 18.0. The monoisotopic (exact) mass is 495 g/mol. The molecule has 1 unspecified atom stereocenters. The Hall–Kier alpha value is -3.37. The normalized spacial score (nSPS) is 11.8. The minimum absolute atomic E-state index is 0.148. The highest BCUT2D eigenvalue weighted by Crippen LogP contribution is 2.29. The van der Waals surface area contributed by atoms with Gasteiger partial charge in [0.1, 0.15) is 11.5 Å². The van der Waals surface area contributed by atoms with Crippen LogP contribution in [0.4, 0.5) is 5.13 Å².